The smallest absolute Gasteiger partial charge is 0.421 e. The van der Waals surface area contributed by atoms with Gasteiger partial charge in [0.15, 0.2) is 23.1 Å². The van der Waals surface area contributed by atoms with Crippen molar-refractivity contribution in [3.8, 4) is 11.6 Å². The number of anilines is 1. The minimum atomic E-state index is -4.07. The first-order valence-electron chi connectivity index (χ1n) is 12.5. The number of esters is 1. The van der Waals surface area contributed by atoms with Crippen LogP contribution in [0.1, 0.15) is 40.3 Å². The predicted octanol–water partition coefficient (Wildman–Crippen LogP) is 4.09. The van der Waals surface area contributed by atoms with Crippen LogP contribution in [-0.4, -0.2) is 69.1 Å². The SMILES string of the molecule is COc1nc(N)nc2c1ncn2C1OC(COP(=O)(C=N[C@@H](C)C(=O)OC(C)C)Oc2ccccc2)CC1(C)F. The highest BCUT2D eigenvalue weighted by molar-refractivity contribution is 7.70. The number of fused-ring (bicyclic) bond motifs is 1. The second kappa shape index (κ2) is 11.9. The van der Waals surface area contributed by atoms with Crippen molar-refractivity contribution >= 4 is 36.6 Å². The van der Waals surface area contributed by atoms with Gasteiger partial charge in [0.1, 0.15) is 17.7 Å². The predicted molar refractivity (Wildman–Crippen MR) is 144 cm³/mol. The van der Waals surface area contributed by atoms with Crippen LogP contribution in [0.15, 0.2) is 41.7 Å². The molecule has 0 spiro atoms. The zero-order valence-corrected chi connectivity index (χ0v) is 23.7. The number of para-hydroxylation sites is 1. The normalized spacial score (nSPS) is 23.4. The number of carbonyl (C=O) groups is 1. The zero-order chi connectivity index (χ0) is 29.1. The van der Waals surface area contributed by atoms with E-state index in [-0.39, 0.29) is 47.9 Å². The average Bonchev–Trinajstić information content (AvgIpc) is 3.45. The molecule has 1 saturated heterocycles. The number of nitrogens with zero attached hydrogens (tertiary/aromatic N) is 5. The Balaban J connectivity index is 1.52. The lowest BCUT2D eigenvalue weighted by Crippen LogP contribution is -2.27. The Labute approximate surface area is 230 Å². The number of carbonyl (C=O) groups excluding carboxylic acids is 1. The van der Waals surface area contributed by atoms with Crippen LogP contribution < -0.4 is 15.0 Å². The van der Waals surface area contributed by atoms with E-state index in [2.05, 4.69) is 19.9 Å². The summed E-state index contributed by atoms with van der Waals surface area (Å²) in [7, 11) is -2.67. The number of rotatable bonds is 11. The van der Waals surface area contributed by atoms with Gasteiger partial charge in [0.2, 0.25) is 11.8 Å². The summed E-state index contributed by atoms with van der Waals surface area (Å²) in [6.45, 7) is 5.98. The third kappa shape index (κ3) is 6.75. The molecule has 0 aliphatic carbocycles. The largest absolute Gasteiger partial charge is 0.479 e. The Kier molecular flexibility index (Phi) is 8.71. The fourth-order valence-electron chi connectivity index (χ4n) is 4.06. The first-order chi connectivity index (χ1) is 18.9. The minimum absolute atomic E-state index is 0.0747. The molecule has 4 rings (SSSR count). The van der Waals surface area contributed by atoms with E-state index in [0.717, 1.165) is 5.96 Å². The number of nitrogens with two attached hydrogens (primary N) is 1. The number of benzene rings is 1. The van der Waals surface area contributed by atoms with Crippen LogP contribution in [-0.2, 0) is 23.4 Å². The van der Waals surface area contributed by atoms with Crippen molar-refractivity contribution in [2.45, 2.75) is 64.3 Å². The second-order valence-corrected chi connectivity index (χ2v) is 11.4. The standard InChI is InChI=1S/C25H32FN6O7P/c1-15(2)37-22(33)16(3)29-14-40(34,39-17-9-7-6-8-10-17)36-12-18-11-25(4,26)23(38-18)32-13-28-19-20(32)30-24(27)31-21(19)35-5/h6-10,13-16,18,23H,11-12H2,1-5H3,(H2,27,30,31)/t16-,18?,23?,25?,40?/m0/s1. The number of aliphatic imine (C=N–C) groups is 1. The van der Waals surface area contributed by atoms with Crippen LogP contribution in [0.4, 0.5) is 10.3 Å². The van der Waals surface area contributed by atoms with E-state index in [1.807, 2.05) is 0 Å². The van der Waals surface area contributed by atoms with Gasteiger partial charge in [0.05, 0.1) is 32.3 Å². The molecule has 0 amide bonds. The molecule has 0 saturated carbocycles. The number of imidazole rings is 1. The van der Waals surface area contributed by atoms with Crippen molar-refractivity contribution in [3.63, 3.8) is 0 Å². The molecule has 3 heterocycles. The van der Waals surface area contributed by atoms with Gasteiger partial charge >= 0.3 is 13.6 Å². The Hall–Kier alpha value is -3.61. The zero-order valence-electron chi connectivity index (χ0n) is 22.8. The molecule has 1 fully saturated rings. The van der Waals surface area contributed by atoms with E-state index in [1.165, 1.54) is 31.9 Å². The topological polar surface area (TPSA) is 162 Å². The summed E-state index contributed by atoms with van der Waals surface area (Å²) in [5.74, 6) is 0.689. The van der Waals surface area contributed by atoms with Gasteiger partial charge in [0, 0.05) is 6.42 Å². The summed E-state index contributed by atoms with van der Waals surface area (Å²) in [5.41, 5.74) is 4.42. The van der Waals surface area contributed by atoms with E-state index in [4.69, 9.17) is 29.0 Å². The number of nitrogen functional groups attached to an aromatic ring is 1. The quantitative estimate of drug-likeness (QED) is 0.198. The minimum Gasteiger partial charge on any atom is -0.479 e. The first-order valence-corrected chi connectivity index (χ1v) is 14.1. The number of ether oxygens (including phenoxy) is 3. The van der Waals surface area contributed by atoms with E-state index < -0.39 is 37.6 Å². The highest BCUT2D eigenvalue weighted by Gasteiger charge is 2.48. The van der Waals surface area contributed by atoms with Gasteiger partial charge in [-0.15, -0.1) is 0 Å². The highest BCUT2D eigenvalue weighted by atomic mass is 31.2. The number of alkyl halides is 1. The van der Waals surface area contributed by atoms with Gasteiger partial charge in [-0.25, -0.2) is 18.7 Å². The average molecular weight is 579 g/mol. The first kappa shape index (κ1) is 29.4. The molecule has 13 nitrogen and oxygen atoms in total. The molecule has 0 bridgehead atoms. The lowest BCUT2D eigenvalue weighted by molar-refractivity contribution is -0.148. The Bertz CT molecular complexity index is 1420. The molecule has 15 heteroatoms. The van der Waals surface area contributed by atoms with Gasteiger partial charge in [-0.1, -0.05) is 18.2 Å². The molecule has 2 aromatic heterocycles. The van der Waals surface area contributed by atoms with Crippen LogP contribution in [0.2, 0.25) is 0 Å². The van der Waals surface area contributed by atoms with Gasteiger partial charge in [-0.05, 0) is 39.8 Å². The Morgan fingerprint density at radius 1 is 1.32 bits per heavy atom. The van der Waals surface area contributed by atoms with Crippen molar-refractivity contribution < 1.29 is 37.0 Å². The summed E-state index contributed by atoms with van der Waals surface area (Å²) in [5, 5.41) is 0. The van der Waals surface area contributed by atoms with Gasteiger partial charge in [0.25, 0.3) is 0 Å². The monoisotopic (exact) mass is 578 g/mol. The molecule has 216 valence electrons. The van der Waals surface area contributed by atoms with E-state index >= 15 is 4.39 Å². The second-order valence-electron chi connectivity index (χ2n) is 9.67. The lowest BCUT2D eigenvalue weighted by Gasteiger charge is -2.22. The van der Waals surface area contributed by atoms with Crippen molar-refractivity contribution in [2.24, 2.45) is 4.99 Å². The van der Waals surface area contributed by atoms with Gasteiger partial charge in [-0.2, -0.15) is 9.97 Å². The van der Waals surface area contributed by atoms with Crippen LogP contribution >= 0.6 is 7.60 Å². The van der Waals surface area contributed by atoms with Crippen LogP contribution in [0.5, 0.6) is 11.6 Å². The maximum atomic E-state index is 15.8. The number of halogens is 1. The molecule has 1 aliphatic rings. The lowest BCUT2D eigenvalue weighted by atomic mass is 10.0. The van der Waals surface area contributed by atoms with Crippen molar-refractivity contribution in [1.29, 1.82) is 0 Å². The molecule has 1 aromatic carbocycles. The Morgan fingerprint density at radius 2 is 2.05 bits per heavy atom. The summed E-state index contributed by atoms with van der Waals surface area (Å²) in [6, 6.07) is 7.37. The van der Waals surface area contributed by atoms with E-state index in [1.54, 1.807) is 44.2 Å². The Morgan fingerprint density at radius 3 is 2.73 bits per heavy atom. The fraction of sp³-hybridized carbons (Fsp3) is 0.480. The van der Waals surface area contributed by atoms with Crippen LogP contribution in [0, 0.1) is 0 Å². The maximum Gasteiger partial charge on any atom is 0.421 e. The summed E-state index contributed by atoms with van der Waals surface area (Å²) < 4.78 is 58.5. The van der Waals surface area contributed by atoms with E-state index in [9.17, 15) is 9.36 Å². The third-order valence-corrected chi connectivity index (χ3v) is 7.25. The van der Waals surface area contributed by atoms with Crippen molar-refractivity contribution in [1.82, 2.24) is 19.5 Å². The summed E-state index contributed by atoms with van der Waals surface area (Å²) >= 11 is 0. The molecule has 3 aromatic rings. The van der Waals surface area contributed by atoms with Crippen LogP contribution in [0.3, 0.4) is 0 Å². The molecule has 1 aliphatic heterocycles. The number of methoxy groups -OCH3 is 1. The fourth-order valence-corrected chi connectivity index (χ4v) is 5.38. The molecule has 40 heavy (non-hydrogen) atoms. The molecular weight excluding hydrogens is 546 g/mol. The summed E-state index contributed by atoms with van der Waals surface area (Å²) in [6.07, 6.45) is -1.06. The number of aromatic nitrogens is 4. The highest BCUT2D eigenvalue weighted by Crippen LogP contribution is 2.48. The number of hydrogen-bond donors (Lipinski definition) is 1. The summed E-state index contributed by atoms with van der Waals surface area (Å²) in [4.78, 5) is 28.6. The van der Waals surface area contributed by atoms with Crippen molar-refractivity contribution in [2.75, 3.05) is 19.5 Å². The van der Waals surface area contributed by atoms with Crippen molar-refractivity contribution in [3.05, 3.63) is 36.7 Å². The molecule has 0 radical (unpaired) electrons. The maximum absolute atomic E-state index is 15.8. The molecular formula is C25H32FN6O7P. The molecule has 4 unspecified atom stereocenters. The van der Waals surface area contributed by atoms with Gasteiger partial charge in [-0.3, -0.25) is 14.1 Å². The third-order valence-electron chi connectivity index (χ3n) is 5.86. The van der Waals surface area contributed by atoms with E-state index in [0.29, 0.717) is 0 Å². The van der Waals surface area contributed by atoms with Crippen LogP contribution in [0.25, 0.3) is 11.2 Å². The molecule has 2 N–H and O–H groups in total. The molecule has 5 atom stereocenters. The van der Waals surface area contributed by atoms with Gasteiger partial charge < -0.3 is 24.5 Å². The number of hydrogen-bond acceptors (Lipinski definition) is 12.